The Morgan fingerprint density at radius 3 is 2.58 bits per heavy atom. The lowest BCUT2D eigenvalue weighted by atomic mass is 9.76. The van der Waals surface area contributed by atoms with Crippen LogP contribution in [-0.2, 0) is 14.3 Å². The zero-order valence-corrected chi connectivity index (χ0v) is 7.08. The van der Waals surface area contributed by atoms with Gasteiger partial charge in [0.15, 0.2) is 0 Å². The van der Waals surface area contributed by atoms with E-state index in [9.17, 15) is 9.59 Å². The van der Waals surface area contributed by atoms with Gasteiger partial charge in [-0.2, -0.15) is 0 Å². The van der Waals surface area contributed by atoms with Crippen molar-refractivity contribution < 1.29 is 14.3 Å². The number of carbonyl (C=O) groups is 2. The molecule has 2 fully saturated rings. The molecule has 1 heterocycles. The van der Waals surface area contributed by atoms with Gasteiger partial charge in [-0.15, -0.1) is 0 Å². The van der Waals surface area contributed by atoms with Crippen molar-refractivity contribution in [2.75, 3.05) is 0 Å². The minimum absolute atomic E-state index is 0.117. The summed E-state index contributed by atoms with van der Waals surface area (Å²) in [6, 6.07) is 0. The maximum Gasteiger partial charge on any atom is 0.317 e. The highest BCUT2D eigenvalue weighted by molar-refractivity contribution is 5.96. The van der Waals surface area contributed by atoms with Gasteiger partial charge in [0, 0.05) is 0 Å². The van der Waals surface area contributed by atoms with E-state index in [2.05, 4.69) is 11.7 Å². The van der Waals surface area contributed by atoms with E-state index in [1.54, 1.807) is 0 Å². The predicted octanol–water partition coefficient (Wildman–Crippen LogP) is 1.12. The van der Waals surface area contributed by atoms with E-state index in [0.29, 0.717) is 5.92 Å². The number of esters is 2. The van der Waals surface area contributed by atoms with Gasteiger partial charge in [-0.1, -0.05) is 6.92 Å². The van der Waals surface area contributed by atoms with Crippen molar-refractivity contribution >= 4 is 11.9 Å². The van der Waals surface area contributed by atoms with Gasteiger partial charge in [0.2, 0.25) is 0 Å². The topological polar surface area (TPSA) is 43.4 Å². The summed E-state index contributed by atoms with van der Waals surface area (Å²) in [7, 11) is 0. The first-order valence-corrected chi connectivity index (χ1v) is 4.44. The molecule has 0 aromatic carbocycles. The van der Waals surface area contributed by atoms with Crippen molar-refractivity contribution in [3.8, 4) is 0 Å². The van der Waals surface area contributed by atoms with Crippen LogP contribution in [0.15, 0.2) is 0 Å². The molecular formula is C9H12O3. The fourth-order valence-electron chi connectivity index (χ4n) is 2.17. The fraction of sp³-hybridized carbons (Fsp3) is 0.778. The molecule has 2 aliphatic rings. The quantitative estimate of drug-likeness (QED) is 0.402. The highest BCUT2D eigenvalue weighted by Gasteiger charge is 2.46. The SMILES string of the molecule is C[C@H]1CC[C@@H]2C(=O)OC(=O)[C@H]2C1. The van der Waals surface area contributed by atoms with Crippen LogP contribution in [0.2, 0.25) is 0 Å². The van der Waals surface area contributed by atoms with Gasteiger partial charge in [-0.3, -0.25) is 9.59 Å². The number of hydrogen-bond acceptors (Lipinski definition) is 3. The van der Waals surface area contributed by atoms with Crippen LogP contribution < -0.4 is 0 Å². The highest BCUT2D eigenvalue weighted by atomic mass is 16.6. The first-order valence-electron chi connectivity index (χ1n) is 4.44. The second-order valence-corrected chi connectivity index (χ2v) is 3.87. The summed E-state index contributed by atoms with van der Waals surface area (Å²) in [6.45, 7) is 2.12. The second kappa shape index (κ2) is 2.57. The van der Waals surface area contributed by atoms with Crippen LogP contribution in [0.5, 0.6) is 0 Å². The van der Waals surface area contributed by atoms with Crippen LogP contribution in [0.25, 0.3) is 0 Å². The third-order valence-corrected chi connectivity index (χ3v) is 2.92. The number of rotatable bonds is 0. The standard InChI is InChI=1S/C9H12O3/c1-5-2-3-6-7(4-5)9(11)12-8(6)10/h5-7H,2-4H2,1H3/t5-,6-,7-/m0/s1. The minimum atomic E-state index is -0.295. The Morgan fingerprint density at radius 2 is 1.83 bits per heavy atom. The zero-order valence-electron chi connectivity index (χ0n) is 7.08. The molecule has 3 heteroatoms. The largest absolute Gasteiger partial charge is 0.393 e. The van der Waals surface area contributed by atoms with Gasteiger partial charge in [0.1, 0.15) is 0 Å². The third kappa shape index (κ3) is 1.04. The summed E-state index contributed by atoms with van der Waals surface area (Å²) in [4.78, 5) is 22.2. The molecule has 0 bridgehead atoms. The van der Waals surface area contributed by atoms with Crippen molar-refractivity contribution in [3.05, 3.63) is 0 Å². The lowest BCUT2D eigenvalue weighted by Gasteiger charge is -2.24. The van der Waals surface area contributed by atoms with Crippen LogP contribution in [0, 0.1) is 17.8 Å². The predicted molar refractivity (Wildman–Crippen MR) is 41.1 cm³/mol. The van der Waals surface area contributed by atoms with E-state index < -0.39 is 0 Å². The Bertz CT molecular complexity index is 234. The van der Waals surface area contributed by atoms with Gasteiger partial charge in [-0.25, -0.2) is 0 Å². The average molecular weight is 168 g/mol. The molecule has 0 aromatic rings. The first kappa shape index (κ1) is 7.77. The Labute approximate surface area is 71.1 Å². The van der Waals surface area contributed by atoms with Crippen LogP contribution in [0.1, 0.15) is 26.2 Å². The molecule has 1 saturated heterocycles. The number of ether oxygens (including phenoxy) is 1. The molecule has 0 aromatic heterocycles. The lowest BCUT2D eigenvalue weighted by molar-refractivity contribution is -0.153. The molecule has 12 heavy (non-hydrogen) atoms. The van der Waals surface area contributed by atoms with Gasteiger partial charge < -0.3 is 4.74 Å². The Kier molecular flexibility index (Phi) is 1.67. The van der Waals surface area contributed by atoms with Crippen LogP contribution in [0.3, 0.4) is 0 Å². The summed E-state index contributed by atoms with van der Waals surface area (Å²) in [6.07, 6.45) is 2.70. The zero-order chi connectivity index (χ0) is 8.72. The first-order chi connectivity index (χ1) is 5.68. The molecule has 0 spiro atoms. The summed E-state index contributed by atoms with van der Waals surface area (Å²) >= 11 is 0. The minimum Gasteiger partial charge on any atom is -0.393 e. The van der Waals surface area contributed by atoms with E-state index in [0.717, 1.165) is 19.3 Å². The van der Waals surface area contributed by atoms with E-state index in [1.165, 1.54) is 0 Å². The van der Waals surface area contributed by atoms with E-state index in [-0.39, 0.29) is 23.8 Å². The van der Waals surface area contributed by atoms with Gasteiger partial charge in [0.05, 0.1) is 11.8 Å². The summed E-state index contributed by atoms with van der Waals surface area (Å²) in [5, 5.41) is 0. The highest BCUT2D eigenvalue weighted by Crippen LogP contribution is 2.38. The van der Waals surface area contributed by atoms with Crippen molar-refractivity contribution in [2.24, 2.45) is 17.8 Å². The van der Waals surface area contributed by atoms with Crippen molar-refractivity contribution in [1.82, 2.24) is 0 Å². The molecule has 0 unspecified atom stereocenters. The lowest BCUT2D eigenvalue weighted by Crippen LogP contribution is -2.25. The maximum atomic E-state index is 11.1. The average Bonchev–Trinajstić information content (AvgIpc) is 2.28. The molecule has 1 aliphatic carbocycles. The Morgan fingerprint density at radius 1 is 1.17 bits per heavy atom. The molecule has 0 radical (unpaired) electrons. The number of cyclic esters (lactones) is 2. The molecule has 3 atom stereocenters. The Balaban J connectivity index is 2.17. The number of fused-ring (bicyclic) bond motifs is 1. The normalized spacial score (nSPS) is 40.9. The van der Waals surface area contributed by atoms with Crippen LogP contribution >= 0.6 is 0 Å². The van der Waals surface area contributed by atoms with Crippen LogP contribution in [0.4, 0.5) is 0 Å². The molecule has 2 rings (SSSR count). The number of carbonyl (C=O) groups excluding carboxylic acids is 2. The van der Waals surface area contributed by atoms with Gasteiger partial charge >= 0.3 is 11.9 Å². The summed E-state index contributed by atoms with van der Waals surface area (Å²) < 4.78 is 4.58. The van der Waals surface area contributed by atoms with E-state index in [4.69, 9.17) is 0 Å². The monoisotopic (exact) mass is 168 g/mol. The van der Waals surface area contributed by atoms with Crippen molar-refractivity contribution in [2.45, 2.75) is 26.2 Å². The summed E-state index contributed by atoms with van der Waals surface area (Å²) in [5.74, 6) is -0.270. The third-order valence-electron chi connectivity index (χ3n) is 2.92. The fourth-order valence-corrected chi connectivity index (χ4v) is 2.17. The van der Waals surface area contributed by atoms with Crippen LogP contribution in [-0.4, -0.2) is 11.9 Å². The molecule has 0 N–H and O–H groups in total. The molecule has 3 nitrogen and oxygen atoms in total. The van der Waals surface area contributed by atoms with Gasteiger partial charge in [0.25, 0.3) is 0 Å². The molecule has 1 aliphatic heterocycles. The molecular weight excluding hydrogens is 156 g/mol. The number of hydrogen-bond donors (Lipinski definition) is 0. The van der Waals surface area contributed by atoms with Crippen molar-refractivity contribution in [1.29, 1.82) is 0 Å². The molecule has 1 saturated carbocycles. The second-order valence-electron chi connectivity index (χ2n) is 3.87. The maximum absolute atomic E-state index is 11.1. The molecule has 66 valence electrons. The van der Waals surface area contributed by atoms with Crippen molar-refractivity contribution in [3.63, 3.8) is 0 Å². The smallest absolute Gasteiger partial charge is 0.317 e. The Hall–Kier alpha value is -0.860. The van der Waals surface area contributed by atoms with E-state index in [1.807, 2.05) is 0 Å². The summed E-state index contributed by atoms with van der Waals surface area (Å²) in [5.41, 5.74) is 0. The molecule has 0 amide bonds. The van der Waals surface area contributed by atoms with E-state index >= 15 is 0 Å². The van der Waals surface area contributed by atoms with Gasteiger partial charge in [-0.05, 0) is 25.2 Å².